The molecule has 26 heavy (non-hydrogen) atoms. The average Bonchev–Trinajstić information content (AvgIpc) is 3.02. The lowest BCUT2D eigenvalue weighted by molar-refractivity contribution is 0.00578. The van der Waals surface area contributed by atoms with Crippen molar-refractivity contribution >= 4 is 18.5 Å². The molecule has 5 heteroatoms. The number of benzene rings is 2. The van der Waals surface area contributed by atoms with Crippen LogP contribution in [0, 0.1) is 0 Å². The lowest BCUT2D eigenvalue weighted by atomic mass is 9.79. The van der Waals surface area contributed by atoms with E-state index in [1.54, 1.807) is 0 Å². The lowest BCUT2D eigenvalue weighted by Gasteiger charge is -2.32. The first-order valence-electron chi connectivity index (χ1n) is 9.08. The standard InChI is InChI=1S/C21H24BNO3/c1-20(2)21(3,4)26-22(25-20)17-11-9-15(10-12-17)13-23-14-16-7-5-6-8-18(16)19(23)24/h5-12H,13-14H2,1-4H3. The minimum Gasteiger partial charge on any atom is -0.399 e. The molecule has 1 fully saturated rings. The molecular formula is C21H24BNO3. The third kappa shape index (κ3) is 2.85. The van der Waals surface area contributed by atoms with E-state index in [-0.39, 0.29) is 24.2 Å². The van der Waals surface area contributed by atoms with E-state index in [4.69, 9.17) is 9.31 Å². The number of carbonyl (C=O) groups is 1. The smallest absolute Gasteiger partial charge is 0.399 e. The molecule has 2 aromatic carbocycles. The molecule has 1 saturated heterocycles. The molecule has 0 saturated carbocycles. The fraction of sp³-hybridized carbons (Fsp3) is 0.381. The maximum Gasteiger partial charge on any atom is 0.494 e. The summed E-state index contributed by atoms with van der Waals surface area (Å²) < 4.78 is 12.2. The summed E-state index contributed by atoms with van der Waals surface area (Å²) in [6, 6.07) is 16.0. The first kappa shape index (κ1) is 17.3. The second-order valence-corrected chi connectivity index (χ2v) is 8.15. The number of carbonyl (C=O) groups excluding carboxylic acids is 1. The molecule has 2 aliphatic rings. The molecule has 2 aliphatic heterocycles. The predicted molar refractivity (Wildman–Crippen MR) is 102 cm³/mol. The van der Waals surface area contributed by atoms with Crippen LogP contribution in [0.1, 0.15) is 49.2 Å². The maximum atomic E-state index is 12.5. The summed E-state index contributed by atoms with van der Waals surface area (Å²) in [5, 5.41) is 0. The molecule has 0 unspecified atom stereocenters. The molecule has 0 bridgehead atoms. The molecule has 4 rings (SSSR count). The van der Waals surface area contributed by atoms with Gasteiger partial charge in [-0.25, -0.2) is 0 Å². The largest absolute Gasteiger partial charge is 0.494 e. The van der Waals surface area contributed by atoms with E-state index >= 15 is 0 Å². The molecule has 0 radical (unpaired) electrons. The van der Waals surface area contributed by atoms with Crippen LogP contribution in [0.5, 0.6) is 0 Å². The minimum absolute atomic E-state index is 0.107. The zero-order chi connectivity index (χ0) is 18.5. The van der Waals surface area contributed by atoms with E-state index < -0.39 is 0 Å². The zero-order valence-electron chi connectivity index (χ0n) is 15.8. The first-order valence-corrected chi connectivity index (χ1v) is 9.08. The minimum atomic E-state index is -0.355. The number of hydrogen-bond donors (Lipinski definition) is 0. The second kappa shape index (κ2) is 5.97. The second-order valence-electron chi connectivity index (χ2n) is 8.15. The summed E-state index contributed by atoms with van der Waals surface area (Å²) in [4.78, 5) is 14.4. The summed E-state index contributed by atoms with van der Waals surface area (Å²) in [5.41, 5.74) is 3.34. The molecule has 0 spiro atoms. The molecule has 1 amide bonds. The van der Waals surface area contributed by atoms with Crippen LogP contribution in [0.3, 0.4) is 0 Å². The SMILES string of the molecule is CC1(C)OB(c2ccc(CN3Cc4ccccc4C3=O)cc2)OC1(C)C. The van der Waals surface area contributed by atoms with Gasteiger partial charge in [0.15, 0.2) is 0 Å². The van der Waals surface area contributed by atoms with Crippen molar-refractivity contribution in [2.75, 3.05) is 0 Å². The molecule has 2 aromatic rings. The third-order valence-corrected chi connectivity index (χ3v) is 5.77. The Bertz CT molecular complexity index is 829. The van der Waals surface area contributed by atoms with Gasteiger partial charge in [0, 0.05) is 18.7 Å². The van der Waals surface area contributed by atoms with Crippen molar-refractivity contribution in [3.63, 3.8) is 0 Å². The summed E-state index contributed by atoms with van der Waals surface area (Å²) in [7, 11) is -0.355. The summed E-state index contributed by atoms with van der Waals surface area (Å²) in [6.07, 6.45) is 0. The van der Waals surface area contributed by atoms with Crippen molar-refractivity contribution < 1.29 is 14.1 Å². The normalized spacial score (nSPS) is 20.5. The Balaban J connectivity index is 1.46. The van der Waals surface area contributed by atoms with Crippen molar-refractivity contribution in [3.8, 4) is 0 Å². The van der Waals surface area contributed by atoms with Crippen LogP contribution in [-0.2, 0) is 22.4 Å². The lowest BCUT2D eigenvalue weighted by Crippen LogP contribution is -2.41. The Morgan fingerprint density at radius 3 is 2.19 bits per heavy atom. The topological polar surface area (TPSA) is 38.8 Å². The van der Waals surface area contributed by atoms with Crippen LogP contribution in [0.4, 0.5) is 0 Å². The van der Waals surface area contributed by atoms with Gasteiger partial charge in [-0.05, 0) is 50.4 Å². The highest BCUT2D eigenvalue weighted by molar-refractivity contribution is 6.62. The van der Waals surface area contributed by atoms with Crippen molar-refractivity contribution in [1.82, 2.24) is 4.90 Å². The van der Waals surface area contributed by atoms with Gasteiger partial charge in [0.1, 0.15) is 0 Å². The molecule has 4 nitrogen and oxygen atoms in total. The van der Waals surface area contributed by atoms with Gasteiger partial charge in [-0.1, -0.05) is 42.5 Å². The van der Waals surface area contributed by atoms with E-state index in [1.807, 2.05) is 41.3 Å². The van der Waals surface area contributed by atoms with Crippen molar-refractivity contribution in [2.45, 2.75) is 52.0 Å². The van der Waals surface area contributed by atoms with Crippen LogP contribution in [-0.4, -0.2) is 29.1 Å². The Labute approximate surface area is 155 Å². The van der Waals surface area contributed by atoms with Crippen molar-refractivity contribution in [2.24, 2.45) is 0 Å². The van der Waals surface area contributed by atoms with Crippen molar-refractivity contribution in [1.29, 1.82) is 0 Å². The molecule has 2 heterocycles. The summed E-state index contributed by atoms with van der Waals surface area (Å²) in [6.45, 7) is 9.50. The summed E-state index contributed by atoms with van der Waals surface area (Å²) in [5.74, 6) is 0.107. The van der Waals surface area contributed by atoms with Crippen LogP contribution in [0.2, 0.25) is 0 Å². The van der Waals surface area contributed by atoms with Gasteiger partial charge in [-0.15, -0.1) is 0 Å². The van der Waals surface area contributed by atoms with Gasteiger partial charge in [0.25, 0.3) is 5.91 Å². The fourth-order valence-electron chi connectivity index (χ4n) is 3.42. The molecule has 0 aliphatic carbocycles. The van der Waals surface area contributed by atoms with Gasteiger partial charge in [-0.3, -0.25) is 4.79 Å². The van der Waals surface area contributed by atoms with E-state index in [0.717, 1.165) is 22.2 Å². The van der Waals surface area contributed by atoms with Crippen LogP contribution in [0.25, 0.3) is 0 Å². The van der Waals surface area contributed by atoms with Gasteiger partial charge in [-0.2, -0.15) is 0 Å². The maximum absolute atomic E-state index is 12.5. The predicted octanol–water partition coefficient (Wildman–Crippen LogP) is 3.14. The summed E-state index contributed by atoms with van der Waals surface area (Å²) >= 11 is 0. The molecule has 0 aromatic heterocycles. The highest BCUT2D eigenvalue weighted by atomic mass is 16.7. The quantitative estimate of drug-likeness (QED) is 0.799. The van der Waals surface area contributed by atoms with E-state index in [9.17, 15) is 4.79 Å². The van der Waals surface area contributed by atoms with Crippen LogP contribution < -0.4 is 5.46 Å². The number of amides is 1. The molecule has 134 valence electrons. The highest BCUT2D eigenvalue weighted by Crippen LogP contribution is 2.36. The van der Waals surface area contributed by atoms with Crippen LogP contribution in [0.15, 0.2) is 48.5 Å². The average molecular weight is 349 g/mol. The molecule has 0 N–H and O–H groups in total. The Hall–Kier alpha value is -2.11. The number of nitrogens with zero attached hydrogens (tertiary/aromatic N) is 1. The fourth-order valence-corrected chi connectivity index (χ4v) is 3.42. The number of rotatable bonds is 3. The van der Waals surface area contributed by atoms with Crippen molar-refractivity contribution in [3.05, 3.63) is 65.2 Å². The Kier molecular flexibility index (Phi) is 3.97. The number of fused-ring (bicyclic) bond motifs is 1. The number of hydrogen-bond acceptors (Lipinski definition) is 3. The third-order valence-electron chi connectivity index (χ3n) is 5.77. The van der Waals surface area contributed by atoms with Crippen LogP contribution >= 0.6 is 0 Å². The van der Waals surface area contributed by atoms with Gasteiger partial charge in [0.05, 0.1) is 11.2 Å². The molecular weight excluding hydrogens is 325 g/mol. The monoisotopic (exact) mass is 349 g/mol. The molecule has 0 atom stereocenters. The Morgan fingerprint density at radius 2 is 1.58 bits per heavy atom. The highest BCUT2D eigenvalue weighted by Gasteiger charge is 2.51. The Morgan fingerprint density at radius 1 is 0.962 bits per heavy atom. The van der Waals surface area contributed by atoms with E-state index in [0.29, 0.717) is 13.1 Å². The first-order chi connectivity index (χ1) is 12.3. The van der Waals surface area contributed by atoms with Gasteiger partial charge < -0.3 is 14.2 Å². The van der Waals surface area contributed by atoms with E-state index in [1.165, 1.54) is 0 Å². The zero-order valence-corrected chi connectivity index (χ0v) is 15.8. The van der Waals surface area contributed by atoms with Gasteiger partial charge >= 0.3 is 7.12 Å². The van der Waals surface area contributed by atoms with Gasteiger partial charge in [0.2, 0.25) is 0 Å². The van der Waals surface area contributed by atoms with E-state index in [2.05, 4.69) is 39.8 Å².